The lowest BCUT2D eigenvalue weighted by atomic mass is 9.47. The van der Waals surface area contributed by atoms with Crippen LogP contribution in [0.2, 0.25) is 0 Å². The number of rotatable bonds is 16. The molecule has 13 atom stereocenters. The van der Waals surface area contributed by atoms with Gasteiger partial charge in [-0.05, 0) is 97.7 Å². The van der Waals surface area contributed by atoms with Gasteiger partial charge in [-0.2, -0.15) is 33.7 Å². The monoisotopic (exact) mass is 868 g/mol. The van der Waals surface area contributed by atoms with Crippen LogP contribution < -0.4 is 0 Å². The van der Waals surface area contributed by atoms with Crippen molar-refractivity contribution in [2.45, 2.75) is 142 Å². The topological polar surface area (TPSA) is 273 Å². The third kappa shape index (κ3) is 11.1. The third-order valence-corrected chi connectivity index (χ3v) is 15.1. The van der Waals surface area contributed by atoms with Crippen LogP contribution in [0.3, 0.4) is 0 Å². The van der Waals surface area contributed by atoms with Gasteiger partial charge in [0, 0.05) is 0 Å². The van der Waals surface area contributed by atoms with Crippen LogP contribution in [-0.2, 0) is 67.8 Å². The standard InChI is InChI=1S/C33H56O18S4/c1-19(2)7-6-8-20(3)24-11-12-25-23-10-9-21-17-22(13-15-32(21,4)26(23)14-16-33(24,25)5)47-31-30(51-55(43,44)45)29(50-54(40,41)42)28(49-53(37,38)39)27(48-31)18-46-52(34,35)36/h9,19-20,22-31H,6-8,10-18H2,1-5H3,(H,34,35,36)(H,37,38,39)(H,40,41,42)(H,43,44,45)/t20-,22?,23?,24-,25?,26?,27-,28-,29+,30-,31-,32+,33-/m1/s1. The van der Waals surface area contributed by atoms with Gasteiger partial charge in [-0.3, -0.25) is 18.2 Å². The van der Waals surface area contributed by atoms with Crippen molar-refractivity contribution < 1.29 is 78.1 Å². The molecule has 0 aromatic rings. The highest BCUT2D eigenvalue weighted by molar-refractivity contribution is 7.81. The van der Waals surface area contributed by atoms with Crippen LogP contribution in [0.5, 0.6) is 0 Å². The Kier molecular flexibility index (Phi) is 13.7. The summed E-state index contributed by atoms with van der Waals surface area (Å²) in [6.07, 6.45) is 0.302. The van der Waals surface area contributed by atoms with Gasteiger partial charge in [0.2, 0.25) is 0 Å². The summed E-state index contributed by atoms with van der Waals surface area (Å²) in [5.74, 6) is 3.56. The summed E-state index contributed by atoms with van der Waals surface area (Å²) in [6.45, 7) is 10.4. The van der Waals surface area contributed by atoms with Crippen LogP contribution in [-0.4, -0.2) is 95.3 Å². The molecule has 4 unspecified atom stereocenters. The van der Waals surface area contributed by atoms with Gasteiger partial charge in [0.05, 0.1) is 12.7 Å². The number of fused-ring (bicyclic) bond motifs is 5. The molecule has 3 saturated carbocycles. The van der Waals surface area contributed by atoms with Crippen molar-refractivity contribution in [3.05, 3.63) is 11.6 Å². The molecule has 18 nitrogen and oxygen atoms in total. The first-order valence-corrected chi connectivity index (χ1v) is 24.2. The fourth-order valence-electron chi connectivity index (χ4n) is 11.0. The molecule has 55 heavy (non-hydrogen) atoms. The van der Waals surface area contributed by atoms with Crippen molar-refractivity contribution >= 4 is 41.6 Å². The Morgan fingerprint density at radius 2 is 1.38 bits per heavy atom. The van der Waals surface area contributed by atoms with Gasteiger partial charge in [-0.1, -0.05) is 65.5 Å². The largest absolute Gasteiger partial charge is 0.397 e. The highest BCUT2D eigenvalue weighted by Crippen LogP contribution is 2.67. The zero-order valence-electron chi connectivity index (χ0n) is 31.6. The second-order valence-electron chi connectivity index (χ2n) is 17.0. The van der Waals surface area contributed by atoms with E-state index in [1.165, 1.54) is 32.1 Å². The summed E-state index contributed by atoms with van der Waals surface area (Å²) in [6, 6.07) is 0. The maximum atomic E-state index is 12.0. The molecular formula is C33H56O18S4. The van der Waals surface area contributed by atoms with E-state index in [0.717, 1.165) is 24.8 Å². The van der Waals surface area contributed by atoms with E-state index in [1.54, 1.807) is 0 Å². The molecule has 4 fully saturated rings. The second kappa shape index (κ2) is 16.7. The van der Waals surface area contributed by atoms with Crippen molar-refractivity contribution in [3.63, 3.8) is 0 Å². The molecule has 320 valence electrons. The molecule has 0 bridgehead atoms. The molecule has 0 aromatic heterocycles. The lowest BCUT2D eigenvalue weighted by molar-refractivity contribution is -0.299. The molecule has 1 heterocycles. The minimum Gasteiger partial charge on any atom is -0.346 e. The summed E-state index contributed by atoms with van der Waals surface area (Å²) in [5, 5.41) is 0. The van der Waals surface area contributed by atoms with Crippen molar-refractivity contribution in [1.29, 1.82) is 0 Å². The Morgan fingerprint density at radius 3 is 1.98 bits per heavy atom. The normalized spacial score (nSPS) is 39.2. The first-order chi connectivity index (χ1) is 25.2. The van der Waals surface area contributed by atoms with E-state index < -0.39 is 85.0 Å². The van der Waals surface area contributed by atoms with E-state index in [-0.39, 0.29) is 10.8 Å². The average molecular weight is 869 g/mol. The van der Waals surface area contributed by atoms with E-state index in [9.17, 15) is 47.3 Å². The predicted octanol–water partition coefficient (Wildman–Crippen LogP) is 4.52. The van der Waals surface area contributed by atoms with Gasteiger partial charge in [-0.15, -0.1) is 0 Å². The summed E-state index contributed by atoms with van der Waals surface area (Å²) in [5.41, 5.74) is 1.20. The summed E-state index contributed by atoms with van der Waals surface area (Å²) >= 11 is 0. The van der Waals surface area contributed by atoms with Gasteiger partial charge >= 0.3 is 41.6 Å². The van der Waals surface area contributed by atoms with Crippen LogP contribution in [0.1, 0.15) is 105 Å². The van der Waals surface area contributed by atoms with E-state index in [2.05, 4.69) is 57.4 Å². The summed E-state index contributed by atoms with van der Waals surface area (Å²) in [7, 11) is -22.0. The molecule has 1 aliphatic heterocycles. The highest BCUT2D eigenvalue weighted by Gasteiger charge is 2.60. The first-order valence-electron chi connectivity index (χ1n) is 18.8. The van der Waals surface area contributed by atoms with Crippen LogP contribution in [0.4, 0.5) is 0 Å². The second-order valence-corrected chi connectivity index (χ2v) is 21.2. The Bertz CT molecular complexity index is 1850. The van der Waals surface area contributed by atoms with Crippen molar-refractivity contribution in [1.82, 2.24) is 0 Å². The third-order valence-electron chi connectivity index (χ3n) is 13.3. The van der Waals surface area contributed by atoms with E-state index >= 15 is 0 Å². The molecule has 1 saturated heterocycles. The predicted molar refractivity (Wildman–Crippen MR) is 193 cm³/mol. The lowest BCUT2D eigenvalue weighted by Gasteiger charge is -2.58. The Hall–Kier alpha value is -0.860. The molecule has 0 radical (unpaired) electrons. The number of allylic oxidation sites excluding steroid dienone is 1. The van der Waals surface area contributed by atoms with Crippen LogP contribution >= 0.6 is 0 Å². The molecule has 5 rings (SSSR count). The Balaban J connectivity index is 1.38. The number of ether oxygens (including phenoxy) is 2. The lowest BCUT2D eigenvalue weighted by Crippen LogP contribution is -2.63. The maximum absolute atomic E-state index is 12.0. The molecule has 4 aliphatic carbocycles. The molecule has 0 amide bonds. The molecular weight excluding hydrogens is 813 g/mol. The molecule has 4 N–H and O–H groups in total. The van der Waals surface area contributed by atoms with Gasteiger partial charge in [-0.25, -0.2) is 16.7 Å². The smallest absolute Gasteiger partial charge is 0.346 e. The minimum absolute atomic E-state index is 0.181. The van der Waals surface area contributed by atoms with Crippen LogP contribution in [0, 0.1) is 46.3 Å². The maximum Gasteiger partial charge on any atom is 0.397 e. The van der Waals surface area contributed by atoms with Gasteiger partial charge in [0.25, 0.3) is 0 Å². The Morgan fingerprint density at radius 1 is 0.764 bits per heavy atom. The van der Waals surface area contributed by atoms with Crippen LogP contribution in [0.15, 0.2) is 11.6 Å². The molecule has 0 spiro atoms. The van der Waals surface area contributed by atoms with E-state index in [1.807, 2.05) is 0 Å². The van der Waals surface area contributed by atoms with Gasteiger partial charge < -0.3 is 9.47 Å². The quantitative estimate of drug-likeness (QED) is 0.123. The average Bonchev–Trinajstić information content (AvgIpc) is 3.38. The molecule has 0 aromatic carbocycles. The van der Waals surface area contributed by atoms with Crippen LogP contribution in [0.25, 0.3) is 0 Å². The zero-order valence-corrected chi connectivity index (χ0v) is 34.9. The Labute approximate surface area is 325 Å². The highest BCUT2D eigenvalue weighted by atomic mass is 32.3. The zero-order chi connectivity index (χ0) is 40.9. The van der Waals surface area contributed by atoms with Gasteiger partial charge in [0.1, 0.15) is 18.3 Å². The summed E-state index contributed by atoms with van der Waals surface area (Å²) < 4.78 is 161. The van der Waals surface area contributed by atoms with Crippen molar-refractivity contribution in [3.8, 4) is 0 Å². The van der Waals surface area contributed by atoms with Crippen molar-refractivity contribution in [2.75, 3.05) is 6.61 Å². The summed E-state index contributed by atoms with van der Waals surface area (Å²) in [4.78, 5) is 0. The number of hydrogen-bond donors (Lipinski definition) is 4. The fraction of sp³-hybridized carbons (Fsp3) is 0.939. The SMILES string of the molecule is CC(C)CCC[C@@H](C)[C@H]1CCC2C3CC=C4CC(O[C@@H]5O[C@H](COS(=O)(=O)O)[C@@H](OS(=O)(=O)O)[C@H](OS(=O)(=O)O)[C@H]5OS(=O)(=O)O)CC[C@]4(C)C3CC[C@@]21C. The van der Waals surface area contributed by atoms with Crippen molar-refractivity contribution in [2.24, 2.45) is 46.3 Å². The molecule has 5 aliphatic rings. The minimum atomic E-state index is -5.63. The van der Waals surface area contributed by atoms with E-state index in [4.69, 9.17) is 14.0 Å². The first kappa shape index (κ1) is 45.2. The fourth-order valence-corrected chi connectivity index (χ4v) is 12.8. The molecule has 22 heteroatoms. The van der Waals surface area contributed by atoms with Gasteiger partial charge in [0.15, 0.2) is 12.4 Å². The number of hydrogen-bond acceptors (Lipinski definition) is 14. The van der Waals surface area contributed by atoms with E-state index in [0.29, 0.717) is 54.8 Å².